The van der Waals surface area contributed by atoms with Crippen molar-refractivity contribution in [3.8, 4) is 0 Å². The lowest BCUT2D eigenvalue weighted by Crippen LogP contribution is -2.27. The van der Waals surface area contributed by atoms with Gasteiger partial charge in [-0.3, -0.25) is 0 Å². The van der Waals surface area contributed by atoms with Gasteiger partial charge in [0.15, 0.2) is 0 Å². The first kappa shape index (κ1) is 12.0. The maximum Gasteiger partial charge on any atom is 0.0517 e. The van der Waals surface area contributed by atoms with E-state index in [1.807, 2.05) is 0 Å². The molecule has 1 saturated heterocycles. The van der Waals surface area contributed by atoms with Gasteiger partial charge in [-0.05, 0) is 26.3 Å². The summed E-state index contributed by atoms with van der Waals surface area (Å²) >= 11 is 0. The Labute approximate surface area is 87.2 Å². The molecule has 1 aliphatic heterocycles. The summed E-state index contributed by atoms with van der Waals surface area (Å²) in [7, 11) is 0. The predicted octanol–water partition coefficient (Wildman–Crippen LogP) is 1.43. The van der Waals surface area contributed by atoms with E-state index in [0.717, 1.165) is 39.4 Å². The van der Waals surface area contributed by atoms with Gasteiger partial charge in [0.25, 0.3) is 0 Å². The van der Waals surface area contributed by atoms with E-state index in [1.165, 1.54) is 6.42 Å². The van der Waals surface area contributed by atoms with Crippen LogP contribution in [-0.4, -0.2) is 39.0 Å². The molecule has 2 unspecified atom stereocenters. The van der Waals surface area contributed by atoms with Gasteiger partial charge in [-0.25, -0.2) is 0 Å². The normalized spacial score (nSPS) is 24.0. The summed E-state index contributed by atoms with van der Waals surface area (Å²) < 4.78 is 10.9. The number of hydrogen-bond donors (Lipinski definition) is 1. The maximum absolute atomic E-state index is 5.61. The fourth-order valence-electron chi connectivity index (χ4n) is 1.68. The molecule has 0 aliphatic carbocycles. The topological polar surface area (TPSA) is 30.5 Å². The lowest BCUT2D eigenvalue weighted by Gasteiger charge is -2.13. The van der Waals surface area contributed by atoms with E-state index < -0.39 is 0 Å². The summed E-state index contributed by atoms with van der Waals surface area (Å²) in [5, 5.41) is 3.37. The van der Waals surface area contributed by atoms with Crippen molar-refractivity contribution in [3.63, 3.8) is 0 Å². The van der Waals surface area contributed by atoms with E-state index in [9.17, 15) is 0 Å². The van der Waals surface area contributed by atoms with Gasteiger partial charge < -0.3 is 14.8 Å². The molecule has 0 aromatic rings. The van der Waals surface area contributed by atoms with E-state index in [2.05, 4.69) is 19.2 Å². The van der Waals surface area contributed by atoms with Crippen molar-refractivity contribution in [1.29, 1.82) is 0 Å². The Morgan fingerprint density at radius 3 is 3.07 bits per heavy atom. The monoisotopic (exact) mass is 201 g/mol. The molecule has 0 radical (unpaired) electrons. The largest absolute Gasteiger partial charge is 0.381 e. The van der Waals surface area contributed by atoms with Gasteiger partial charge in [0, 0.05) is 25.2 Å². The van der Waals surface area contributed by atoms with E-state index in [-0.39, 0.29) is 0 Å². The highest BCUT2D eigenvalue weighted by Crippen LogP contribution is 2.12. The van der Waals surface area contributed by atoms with Crippen molar-refractivity contribution in [2.24, 2.45) is 5.92 Å². The van der Waals surface area contributed by atoms with Crippen LogP contribution in [0.1, 0.15) is 26.7 Å². The number of ether oxygens (including phenoxy) is 2. The van der Waals surface area contributed by atoms with Crippen molar-refractivity contribution < 1.29 is 9.47 Å². The maximum atomic E-state index is 5.61. The summed E-state index contributed by atoms with van der Waals surface area (Å²) in [6.07, 6.45) is 2.27. The van der Waals surface area contributed by atoms with Gasteiger partial charge in [-0.15, -0.1) is 0 Å². The number of nitrogens with one attached hydrogen (secondary N) is 1. The van der Waals surface area contributed by atoms with Gasteiger partial charge >= 0.3 is 0 Å². The van der Waals surface area contributed by atoms with Crippen LogP contribution in [-0.2, 0) is 9.47 Å². The molecule has 3 nitrogen and oxygen atoms in total. The molecule has 0 bridgehead atoms. The minimum absolute atomic E-state index is 0.569. The second-order valence-electron chi connectivity index (χ2n) is 4.05. The molecule has 14 heavy (non-hydrogen) atoms. The van der Waals surface area contributed by atoms with E-state index >= 15 is 0 Å². The Balaban J connectivity index is 1.88. The number of rotatable bonds is 7. The van der Waals surface area contributed by atoms with Crippen LogP contribution < -0.4 is 5.32 Å². The van der Waals surface area contributed by atoms with Crippen LogP contribution in [0.15, 0.2) is 0 Å². The summed E-state index contributed by atoms with van der Waals surface area (Å²) in [5.74, 6) is 0.643. The summed E-state index contributed by atoms with van der Waals surface area (Å²) in [4.78, 5) is 0. The molecular formula is C11H23NO2. The van der Waals surface area contributed by atoms with Crippen LogP contribution in [0.4, 0.5) is 0 Å². The Morgan fingerprint density at radius 1 is 1.57 bits per heavy atom. The third kappa shape index (κ3) is 4.94. The highest BCUT2D eigenvalue weighted by molar-refractivity contribution is 4.63. The first-order chi connectivity index (χ1) is 6.83. The SMILES string of the molecule is CCNC(C)CCOCC1CCOC1. The quantitative estimate of drug-likeness (QED) is 0.632. The summed E-state index contributed by atoms with van der Waals surface area (Å²) in [6, 6.07) is 0.569. The van der Waals surface area contributed by atoms with Crippen LogP contribution in [0.5, 0.6) is 0 Å². The fourth-order valence-corrected chi connectivity index (χ4v) is 1.68. The van der Waals surface area contributed by atoms with Crippen molar-refractivity contribution in [1.82, 2.24) is 5.32 Å². The van der Waals surface area contributed by atoms with Crippen molar-refractivity contribution in [2.45, 2.75) is 32.7 Å². The molecule has 0 saturated carbocycles. The third-order valence-electron chi connectivity index (χ3n) is 2.63. The van der Waals surface area contributed by atoms with Gasteiger partial charge in [0.05, 0.1) is 13.2 Å². The van der Waals surface area contributed by atoms with Gasteiger partial charge in [0.1, 0.15) is 0 Å². The van der Waals surface area contributed by atoms with Crippen LogP contribution >= 0.6 is 0 Å². The van der Waals surface area contributed by atoms with E-state index in [0.29, 0.717) is 12.0 Å². The summed E-state index contributed by atoms with van der Waals surface area (Å²) in [5.41, 5.74) is 0. The highest BCUT2D eigenvalue weighted by atomic mass is 16.5. The zero-order chi connectivity index (χ0) is 10.2. The van der Waals surface area contributed by atoms with E-state index in [4.69, 9.17) is 9.47 Å². The standard InChI is InChI=1S/C11H23NO2/c1-3-12-10(2)4-6-13-8-11-5-7-14-9-11/h10-12H,3-9H2,1-2H3. The van der Waals surface area contributed by atoms with Gasteiger partial charge in [-0.2, -0.15) is 0 Å². The lowest BCUT2D eigenvalue weighted by molar-refractivity contribution is 0.0845. The Hall–Kier alpha value is -0.120. The third-order valence-corrected chi connectivity index (χ3v) is 2.63. The molecule has 1 heterocycles. The zero-order valence-electron chi connectivity index (χ0n) is 9.42. The first-order valence-corrected chi connectivity index (χ1v) is 5.71. The first-order valence-electron chi connectivity index (χ1n) is 5.71. The zero-order valence-corrected chi connectivity index (χ0v) is 9.42. The molecule has 1 aliphatic rings. The Kier molecular flexibility index (Phi) is 6.15. The van der Waals surface area contributed by atoms with Crippen LogP contribution in [0.25, 0.3) is 0 Å². The van der Waals surface area contributed by atoms with Crippen molar-refractivity contribution in [2.75, 3.05) is 33.0 Å². The molecule has 0 amide bonds. The highest BCUT2D eigenvalue weighted by Gasteiger charge is 2.15. The smallest absolute Gasteiger partial charge is 0.0517 e. The second kappa shape index (κ2) is 7.21. The minimum atomic E-state index is 0.569. The minimum Gasteiger partial charge on any atom is -0.381 e. The summed E-state index contributed by atoms with van der Waals surface area (Å²) in [6.45, 7) is 8.92. The molecule has 1 N–H and O–H groups in total. The van der Waals surface area contributed by atoms with Crippen LogP contribution in [0.3, 0.4) is 0 Å². The van der Waals surface area contributed by atoms with Crippen molar-refractivity contribution in [3.05, 3.63) is 0 Å². The predicted molar refractivity (Wildman–Crippen MR) is 57.5 cm³/mol. The second-order valence-corrected chi connectivity index (χ2v) is 4.05. The average molecular weight is 201 g/mol. The molecule has 0 spiro atoms. The Bertz CT molecular complexity index is 135. The van der Waals surface area contributed by atoms with E-state index in [1.54, 1.807) is 0 Å². The molecule has 84 valence electrons. The lowest BCUT2D eigenvalue weighted by atomic mass is 10.1. The molecule has 0 aromatic heterocycles. The molecule has 2 atom stereocenters. The molecule has 1 rings (SSSR count). The van der Waals surface area contributed by atoms with Gasteiger partial charge in [0.2, 0.25) is 0 Å². The van der Waals surface area contributed by atoms with Crippen LogP contribution in [0.2, 0.25) is 0 Å². The Morgan fingerprint density at radius 2 is 2.43 bits per heavy atom. The number of hydrogen-bond acceptors (Lipinski definition) is 3. The molecule has 0 aromatic carbocycles. The van der Waals surface area contributed by atoms with Crippen molar-refractivity contribution >= 4 is 0 Å². The average Bonchev–Trinajstić information content (AvgIpc) is 2.65. The molecular weight excluding hydrogens is 178 g/mol. The van der Waals surface area contributed by atoms with Gasteiger partial charge in [-0.1, -0.05) is 6.92 Å². The molecule has 1 fully saturated rings. The molecule has 3 heteroatoms. The fraction of sp³-hybridized carbons (Fsp3) is 1.00. The van der Waals surface area contributed by atoms with Crippen LogP contribution in [0, 0.1) is 5.92 Å².